The largest absolute Gasteiger partial charge is 0.386 e. The van der Waals surface area contributed by atoms with Crippen molar-refractivity contribution in [1.82, 2.24) is 19.7 Å². The first kappa shape index (κ1) is 15.6. The van der Waals surface area contributed by atoms with E-state index >= 15 is 0 Å². The molecular weight excluding hydrogens is 302 g/mol. The summed E-state index contributed by atoms with van der Waals surface area (Å²) < 4.78 is 2.07. The highest BCUT2D eigenvalue weighted by molar-refractivity contribution is 5.41. The Bertz CT molecular complexity index is 737. The smallest absolute Gasteiger partial charge is 0.132 e. The van der Waals surface area contributed by atoms with Crippen molar-refractivity contribution in [3.05, 3.63) is 35.0 Å². The molecule has 0 bridgehead atoms. The summed E-state index contributed by atoms with van der Waals surface area (Å²) in [6.07, 6.45) is 3.72. The molecule has 1 fully saturated rings. The topological polar surface area (TPSA) is 67.1 Å². The molecule has 1 N–H and O–H groups in total. The van der Waals surface area contributed by atoms with Crippen molar-refractivity contribution in [2.75, 3.05) is 11.4 Å². The first-order valence-electron chi connectivity index (χ1n) is 8.98. The van der Waals surface area contributed by atoms with E-state index in [0.29, 0.717) is 5.92 Å². The molecule has 0 saturated heterocycles. The zero-order chi connectivity index (χ0) is 16.7. The molecular formula is C18H25N5O. The molecule has 1 aliphatic heterocycles. The number of fused-ring (bicyclic) bond motifs is 1. The monoisotopic (exact) mass is 327 g/mol. The molecule has 6 heteroatoms. The molecule has 128 valence electrons. The van der Waals surface area contributed by atoms with Crippen LogP contribution in [0.3, 0.4) is 0 Å². The molecule has 3 heterocycles. The van der Waals surface area contributed by atoms with Gasteiger partial charge in [0, 0.05) is 31.3 Å². The lowest BCUT2D eigenvalue weighted by Gasteiger charge is -2.21. The van der Waals surface area contributed by atoms with E-state index in [-0.39, 0.29) is 0 Å². The van der Waals surface area contributed by atoms with Gasteiger partial charge in [-0.15, -0.1) is 0 Å². The van der Waals surface area contributed by atoms with Crippen molar-refractivity contribution >= 4 is 5.82 Å². The van der Waals surface area contributed by atoms with Crippen LogP contribution in [0, 0.1) is 12.8 Å². The third kappa shape index (κ3) is 3.02. The van der Waals surface area contributed by atoms with Gasteiger partial charge >= 0.3 is 0 Å². The molecule has 0 radical (unpaired) electrons. The minimum atomic E-state index is -0.397. The van der Waals surface area contributed by atoms with Crippen molar-refractivity contribution in [2.24, 2.45) is 5.92 Å². The average Bonchev–Trinajstić information content (AvgIpc) is 3.37. The average molecular weight is 327 g/mol. The molecule has 4 rings (SSSR count). The van der Waals surface area contributed by atoms with Crippen molar-refractivity contribution < 1.29 is 5.11 Å². The number of aliphatic hydroxyl groups excluding tert-OH is 1. The lowest BCUT2D eigenvalue weighted by atomic mass is 10.1. The maximum atomic E-state index is 10.4. The summed E-state index contributed by atoms with van der Waals surface area (Å²) in [5, 5.41) is 15.0. The zero-order valence-corrected chi connectivity index (χ0v) is 14.4. The first-order chi connectivity index (χ1) is 11.6. The van der Waals surface area contributed by atoms with Crippen molar-refractivity contribution in [3.8, 4) is 0 Å². The van der Waals surface area contributed by atoms with Gasteiger partial charge in [-0.1, -0.05) is 6.92 Å². The molecule has 0 amide bonds. The van der Waals surface area contributed by atoms with Crippen LogP contribution < -0.4 is 4.90 Å². The Morgan fingerprint density at radius 3 is 2.83 bits per heavy atom. The van der Waals surface area contributed by atoms with Crippen molar-refractivity contribution in [1.29, 1.82) is 0 Å². The second kappa shape index (κ2) is 6.16. The minimum absolute atomic E-state index is 0.397. The predicted molar refractivity (Wildman–Crippen MR) is 91.7 cm³/mol. The van der Waals surface area contributed by atoms with E-state index in [4.69, 9.17) is 4.98 Å². The second-order valence-electron chi connectivity index (χ2n) is 6.98. The van der Waals surface area contributed by atoms with Crippen LogP contribution in [0.1, 0.15) is 55.2 Å². The fraction of sp³-hybridized carbons (Fsp3) is 0.611. The Morgan fingerprint density at radius 2 is 2.08 bits per heavy atom. The lowest BCUT2D eigenvalue weighted by molar-refractivity contribution is 0.148. The van der Waals surface area contributed by atoms with Crippen molar-refractivity contribution in [2.45, 2.75) is 58.7 Å². The standard InChI is InChI=1S/C18H25N5O/c1-3-16-19-12(2)9-17(20-16)22-7-4-8-23-14(11-22)10-15(21-23)18(24)13-5-6-13/h9-10,13,18,24H,3-8,11H2,1-2H3. The molecule has 0 aromatic carbocycles. The van der Waals surface area contributed by atoms with Crippen LogP contribution in [0.5, 0.6) is 0 Å². The molecule has 2 aromatic heterocycles. The fourth-order valence-corrected chi connectivity index (χ4v) is 3.41. The minimum Gasteiger partial charge on any atom is -0.386 e. The predicted octanol–water partition coefficient (Wildman–Crippen LogP) is 2.40. The number of nitrogens with zero attached hydrogens (tertiary/aromatic N) is 5. The van der Waals surface area contributed by atoms with Gasteiger partial charge in [-0.3, -0.25) is 4.68 Å². The summed E-state index contributed by atoms with van der Waals surface area (Å²) in [5.74, 6) is 2.31. The molecule has 1 atom stereocenters. The van der Waals surface area contributed by atoms with E-state index in [0.717, 1.165) is 74.0 Å². The summed E-state index contributed by atoms with van der Waals surface area (Å²) in [4.78, 5) is 11.5. The Labute approximate surface area is 142 Å². The SMILES string of the molecule is CCc1nc(C)cc(N2CCCn3nc(C(O)C4CC4)cc3C2)n1. The first-order valence-corrected chi connectivity index (χ1v) is 8.98. The number of aliphatic hydroxyl groups is 1. The van der Waals surface area contributed by atoms with Gasteiger partial charge in [0.05, 0.1) is 17.9 Å². The number of rotatable bonds is 4. The molecule has 1 unspecified atom stereocenters. The van der Waals surface area contributed by atoms with Gasteiger partial charge < -0.3 is 10.0 Å². The van der Waals surface area contributed by atoms with Crippen LogP contribution in [-0.4, -0.2) is 31.4 Å². The van der Waals surface area contributed by atoms with Crippen LogP contribution >= 0.6 is 0 Å². The van der Waals surface area contributed by atoms with Crippen LogP contribution in [-0.2, 0) is 19.5 Å². The van der Waals surface area contributed by atoms with E-state index in [9.17, 15) is 5.11 Å². The van der Waals surface area contributed by atoms with Gasteiger partial charge in [-0.05, 0) is 38.2 Å². The van der Waals surface area contributed by atoms with Crippen LogP contribution in [0.2, 0.25) is 0 Å². The Balaban J connectivity index is 1.60. The van der Waals surface area contributed by atoms with E-state index in [1.165, 1.54) is 0 Å². The number of hydrogen-bond donors (Lipinski definition) is 1. The zero-order valence-electron chi connectivity index (χ0n) is 14.4. The molecule has 2 aliphatic rings. The van der Waals surface area contributed by atoms with E-state index in [1.807, 2.05) is 6.92 Å². The molecule has 24 heavy (non-hydrogen) atoms. The van der Waals surface area contributed by atoms with Crippen LogP contribution in [0.25, 0.3) is 0 Å². The molecule has 6 nitrogen and oxygen atoms in total. The maximum Gasteiger partial charge on any atom is 0.132 e. The lowest BCUT2D eigenvalue weighted by Crippen LogP contribution is -2.24. The summed E-state index contributed by atoms with van der Waals surface area (Å²) in [7, 11) is 0. The molecule has 1 saturated carbocycles. The van der Waals surface area contributed by atoms with Gasteiger partial charge in [-0.25, -0.2) is 9.97 Å². The molecule has 0 spiro atoms. The number of aromatic nitrogens is 4. The Morgan fingerprint density at radius 1 is 1.25 bits per heavy atom. The van der Waals surface area contributed by atoms with Crippen molar-refractivity contribution in [3.63, 3.8) is 0 Å². The van der Waals surface area contributed by atoms with Crippen LogP contribution in [0.4, 0.5) is 5.82 Å². The van der Waals surface area contributed by atoms with Crippen LogP contribution in [0.15, 0.2) is 12.1 Å². The Hall–Kier alpha value is -1.95. The second-order valence-corrected chi connectivity index (χ2v) is 6.98. The normalized spacial score (nSPS) is 19.0. The summed E-state index contributed by atoms with van der Waals surface area (Å²) in [6, 6.07) is 4.14. The fourth-order valence-electron chi connectivity index (χ4n) is 3.41. The number of anilines is 1. The summed E-state index contributed by atoms with van der Waals surface area (Å²) in [5.41, 5.74) is 3.01. The highest BCUT2D eigenvalue weighted by Crippen LogP contribution is 2.40. The van der Waals surface area contributed by atoms with Gasteiger partial charge in [0.15, 0.2) is 0 Å². The van der Waals surface area contributed by atoms with E-state index < -0.39 is 6.10 Å². The highest BCUT2D eigenvalue weighted by Gasteiger charge is 2.33. The van der Waals surface area contributed by atoms with Gasteiger partial charge in [0.1, 0.15) is 17.7 Å². The van der Waals surface area contributed by atoms with E-state index in [2.05, 4.69) is 38.7 Å². The van der Waals surface area contributed by atoms with Gasteiger partial charge in [-0.2, -0.15) is 5.10 Å². The van der Waals surface area contributed by atoms with Gasteiger partial charge in [0.25, 0.3) is 0 Å². The third-order valence-electron chi connectivity index (χ3n) is 4.93. The number of aryl methyl sites for hydroxylation is 3. The summed E-state index contributed by atoms with van der Waals surface area (Å²) >= 11 is 0. The molecule has 2 aromatic rings. The summed E-state index contributed by atoms with van der Waals surface area (Å²) in [6.45, 7) is 6.75. The Kier molecular flexibility index (Phi) is 4.00. The number of hydrogen-bond acceptors (Lipinski definition) is 5. The molecule has 1 aliphatic carbocycles. The highest BCUT2D eigenvalue weighted by atomic mass is 16.3. The van der Waals surface area contributed by atoms with E-state index in [1.54, 1.807) is 0 Å². The maximum absolute atomic E-state index is 10.4. The third-order valence-corrected chi connectivity index (χ3v) is 4.93. The van der Waals surface area contributed by atoms with Gasteiger partial charge in [0.2, 0.25) is 0 Å². The quantitative estimate of drug-likeness (QED) is 0.934.